The molecule has 35 heavy (non-hydrogen) atoms. The number of amides is 2. The molecule has 0 aromatic carbocycles. The summed E-state index contributed by atoms with van der Waals surface area (Å²) in [4.78, 5) is 43.9. The first-order chi connectivity index (χ1) is 16.7. The number of nitrogens with zero attached hydrogens (tertiary/aromatic N) is 4. The van der Waals surface area contributed by atoms with Gasteiger partial charge in [-0.1, -0.05) is 34.1 Å². The third kappa shape index (κ3) is 5.36. The first-order valence-electron chi connectivity index (χ1n) is 11.3. The number of alkyl carbamates (subject to hydrolysis) is 1. The van der Waals surface area contributed by atoms with E-state index < -0.39 is 28.7 Å². The number of rotatable bonds is 11. The Hall–Kier alpha value is -4.09. The number of hydrogen-bond acceptors (Lipinski definition) is 9. The van der Waals surface area contributed by atoms with Crippen LogP contribution in [0.5, 0.6) is 0 Å². The maximum Gasteiger partial charge on any atom is 0.408 e. The summed E-state index contributed by atoms with van der Waals surface area (Å²) >= 11 is 0. The number of hydrogen-bond donors (Lipinski definition) is 3. The first kappa shape index (κ1) is 25.5. The van der Waals surface area contributed by atoms with Gasteiger partial charge in [-0.15, -0.1) is 10.2 Å². The van der Waals surface area contributed by atoms with Crippen LogP contribution in [0.25, 0.3) is 11.5 Å². The van der Waals surface area contributed by atoms with Crippen molar-refractivity contribution >= 4 is 23.6 Å². The summed E-state index contributed by atoms with van der Waals surface area (Å²) in [5.74, 6) is -1.92. The summed E-state index contributed by atoms with van der Waals surface area (Å²) in [6.07, 6.45) is 5.28. The number of aromatic nitrogens is 5. The van der Waals surface area contributed by atoms with Crippen molar-refractivity contribution in [3.05, 3.63) is 42.7 Å². The molecule has 3 aromatic rings. The number of anilines is 1. The van der Waals surface area contributed by atoms with Gasteiger partial charge in [0.1, 0.15) is 5.82 Å². The number of carbonyl (C=O) groups excluding carboxylic acids is 3. The third-order valence-corrected chi connectivity index (χ3v) is 5.59. The lowest BCUT2D eigenvalue weighted by Gasteiger charge is -2.42. The average molecular weight is 484 g/mol. The number of Topliss-reactive ketones (excluding diaryl/α,β-unsaturated/α-hetero) is 1. The van der Waals surface area contributed by atoms with E-state index in [-0.39, 0.29) is 24.2 Å². The van der Waals surface area contributed by atoms with Crippen molar-refractivity contribution in [3.63, 3.8) is 0 Å². The number of aromatic amines is 1. The molecule has 0 bridgehead atoms. The van der Waals surface area contributed by atoms with Crippen LogP contribution in [0.15, 0.2) is 41.2 Å². The number of carbonyl (C=O) groups is 3. The summed E-state index contributed by atoms with van der Waals surface area (Å²) in [6.45, 7) is 7.37. The molecule has 0 spiro atoms. The average Bonchev–Trinajstić information content (AvgIpc) is 3.54. The summed E-state index contributed by atoms with van der Waals surface area (Å²) in [7, 11) is 0. The fourth-order valence-corrected chi connectivity index (χ4v) is 3.83. The quantitative estimate of drug-likeness (QED) is 0.347. The van der Waals surface area contributed by atoms with Crippen molar-refractivity contribution in [3.8, 4) is 11.5 Å². The van der Waals surface area contributed by atoms with Crippen molar-refractivity contribution in [2.24, 2.45) is 5.41 Å². The van der Waals surface area contributed by atoms with Gasteiger partial charge in [-0.05, 0) is 25.0 Å². The molecule has 3 aromatic heterocycles. The van der Waals surface area contributed by atoms with Gasteiger partial charge in [0.05, 0.1) is 12.8 Å². The maximum absolute atomic E-state index is 13.9. The van der Waals surface area contributed by atoms with Crippen LogP contribution in [-0.2, 0) is 19.9 Å². The second-order valence-corrected chi connectivity index (χ2v) is 8.55. The Labute approximate surface area is 202 Å². The second-order valence-electron chi connectivity index (χ2n) is 8.55. The zero-order valence-corrected chi connectivity index (χ0v) is 20.1. The van der Waals surface area contributed by atoms with Gasteiger partial charge in [-0.2, -0.15) is 5.10 Å². The SMILES string of the molecule is CCCOC(=O)N[C@@](C(=O)C(=O)Nc1ccn[nH]1)(c1nnc(-c2ccncc2)o1)C(C)(C)CCC. The van der Waals surface area contributed by atoms with Crippen molar-refractivity contribution in [1.29, 1.82) is 0 Å². The molecule has 3 heterocycles. The van der Waals surface area contributed by atoms with Gasteiger partial charge in [0.2, 0.25) is 5.89 Å². The van der Waals surface area contributed by atoms with E-state index in [0.717, 1.165) is 0 Å². The zero-order chi connectivity index (χ0) is 25.5. The van der Waals surface area contributed by atoms with E-state index in [1.54, 1.807) is 38.4 Å². The van der Waals surface area contributed by atoms with Crippen LogP contribution >= 0.6 is 0 Å². The van der Waals surface area contributed by atoms with E-state index in [0.29, 0.717) is 24.8 Å². The second kappa shape index (κ2) is 10.9. The van der Waals surface area contributed by atoms with E-state index in [1.165, 1.54) is 12.3 Å². The summed E-state index contributed by atoms with van der Waals surface area (Å²) in [6, 6.07) is 4.80. The van der Waals surface area contributed by atoms with Crippen LogP contribution in [0.4, 0.5) is 10.6 Å². The molecule has 12 heteroatoms. The standard InChI is InChI=1S/C23H29N7O5/c1-5-10-22(3,4)23(27-21(33)34-14-6-2,17(31)18(32)26-16-9-13-25-28-16)20-30-29-19(35-20)15-7-11-24-12-8-15/h7-9,11-13H,5-6,10,14H2,1-4H3,(H,27,33)(H2,25,26,28,32)/t23-/m0/s1. The fourth-order valence-electron chi connectivity index (χ4n) is 3.83. The molecule has 186 valence electrons. The van der Waals surface area contributed by atoms with Crippen LogP contribution in [-0.4, -0.2) is 49.8 Å². The lowest BCUT2D eigenvalue weighted by Crippen LogP contribution is -2.63. The van der Waals surface area contributed by atoms with E-state index in [2.05, 4.69) is 36.0 Å². The van der Waals surface area contributed by atoms with Crippen LogP contribution in [0.2, 0.25) is 0 Å². The molecule has 0 saturated carbocycles. The predicted molar refractivity (Wildman–Crippen MR) is 125 cm³/mol. The van der Waals surface area contributed by atoms with Crippen molar-refractivity contribution in [2.45, 2.75) is 52.5 Å². The Morgan fingerprint density at radius 2 is 1.80 bits per heavy atom. The predicted octanol–water partition coefficient (Wildman–Crippen LogP) is 3.22. The monoisotopic (exact) mass is 483 g/mol. The number of H-pyrrole nitrogens is 1. The molecule has 0 unspecified atom stereocenters. The largest absolute Gasteiger partial charge is 0.450 e. The molecule has 0 aliphatic carbocycles. The highest BCUT2D eigenvalue weighted by atomic mass is 16.5. The molecular weight excluding hydrogens is 454 g/mol. The highest BCUT2D eigenvalue weighted by molar-refractivity contribution is 6.43. The van der Waals surface area contributed by atoms with Gasteiger partial charge in [0.25, 0.3) is 17.6 Å². The normalized spacial score (nSPS) is 13.0. The van der Waals surface area contributed by atoms with Crippen molar-refractivity contribution < 1.29 is 23.5 Å². The van der Waals surface area contributed by atoms with Crippen molar-refractivity contribution in [1.82, 2.24) is 30.7 Å². The number of pyridine rings is 1. The smallest absolute Gasteiger partial charge is 0.408 e. The lowest BCUT2D eigenvalue weighted by molar-refractivity contribution is -0.144. The Morgan fingerprint density at radius 3 is 2.43 bits per heavy atom. The third-order valence-electron chi connectivity index (χ3n) is 5.59. The van der Waals surface area contributed by atoms with Crippen LogP contribution in [0, 0.1) is 5.41 Å². The molecule has 0 saturated heterocycles. The highest BCUT2D eigenvalue weighted by Gasteiger charge is 2.59. The lowest BCUT2D eigenvalue weighted by atomic mass is 9.66. The Balaban J connectivity index is 2.15. The van der Waals surface area contributed by atoms with Crippen LogP contribution < -0.4 is 10.6 Å². The van der Waals surface area contributed by atoms with Gasteiger partial charge < -0.3 is 14.5 Å². The summed E-state index contributed by atoms with van der Waals surface area (Å²) < 4.78 is 11.2. The van der Waals surface area contributed by atoms with Crippen LogP contribution in [0.3, 0.4) is 0 Å². The molecule has 1 atom stereocenters. The molecular formula is C23H29N7O5. The molecule has 0 radical (unpaired) electrons. The number of ketones is 1. The van der Waals surface area contributed by atoms with Gasteiger partial charge in [0, 0.05) is 29.4 Å². The van der Waals surface area contributed by atoms with E-state index in [9.17, 15) is 14.4 Å². The molecule has 3 rings (SSSR count). The molecule has 12 nitrogen and oxygen atoms in total. The Kier molecular flexibility index (Phi) is 7.94. The number of nitrogens with one attached hydrogen (secondary N) is 3. The number of ether oxygens (including phenoxy) is 1. The minimum Gasteiger partial charge on any atom is -0.450 e. The summed E-state index contributed by atoms with van der Waals surface area (Å²) in [5.41, 5.74) is -2.52. The first-order valence-corrected chi connectivity index (χ1v) is 11.3. The molecule has 0 aliphatic rings. The van der Waals surface area contributed by atoms with Gasteiger partial charge >= 0.3 is 6.09 Å². The van der Waals surface area contributed by atoms with Gasteiger partial charge in [-0.25, -0.2) is 4.79 Å². The van der Waals surface area contributed by atoms with Gasteiger partial charge in [0.15, 0.2) is 5.54 Å². The minimum absolute atomic E-state index is 0.101. The fraction of sp³-hybridized carbons (Fsp3) is 0.435. The maximum atomic E-state index is 13.9. The Morgan fingerprint density at radius 1 is 1.06 bits per heavy atom. The molecule has 0 fully saturated rings. The molecule has 2 amide bonds. The summed E-state index contributed by atoms with van der Waals surface area (Å²) in [5, 5.41) is 19.6. The van der Waals surface area contributed by atoms with Crippen LogP contribution in [0.1, 0.15) is 52.8 Å². The Bertz CT molecular complexity index is 1140. The zero-order valence-electron chi connectivity index (χ0n) is 20.1. The molecule has 3 N–H and O–H groups in total. The minimum atomic E-state index is -2.03. The van der Waals surface area contributed by atoms with E-state index in [4.69, 9.17) is 9.15 Å². The topological polar surface area (TPSA) is 165 Å². The molecule has 0 aliphatic heterocycles. The van der Waals surface area contributed by atoms with E-state index in [1.807, 2.05) is 13.8 Å². The van der Waals surface area contributed by atoms with Gasteiger partial charge in [-0.3, -0.25) is 25.0 Å². The highest BCUT2D eigenvalue weighted by Crippen LogP contribution is 2.44. The van der Waals surface area contributed by atoms with Crippen molar-refractivity contribution in [2.75, 3.05) is 11.9 Å². The van der Waals surface area contributed by atoms with E-state index >= 15 is 0 Å².